The van der Waals surface area contributed by atoms with Gasteiger partial charge in [-0.25, -0.2) is 0 Å². The third kappa shape index (κ3) is 4.68. The number of nitrogens with one attached hydrogen (secondary N) is 1. The molecule has 0 amide bonds. The Balaban J connectivity index is 1.44. The molecule has 2 aromatic carbocycles. The second-order valence-corrected chi connectivity index (χ2v) is 8.29. The molecule has 162 valence electrons. The standard InChI is InChI=1S/C21H17N5O5S/c27-20-17-3-1-2-4-18(17)22-21(28)19(20)26-25-14-7-5-13(6-8-14)23-24-15-9-11-16(12-10-15)32(29,30)31/h1-5,7-13H,6H2,(H2,22,27,28)(H,29,30,31). The first kappa shape index (κ1) is 21.3. The summed E-state index contributed by atoms with van der Waals surface area (Å²) >= 11 is 0. The van der Waals surface area contributed by atoms with E-state index in [2.05, 4.69) is 25.4 Å². The van der Waals surface area contributed by atoms with Gasteiger partial charge in [0.2, 0.25) is 0 Å². The van der Waals surface area contributed by atoms with Gasteiger partial charge in [-0.1, -0.05) is 24.3 Å². The number of aromatic hydroxyl groups is 1. The van der Waals surface area contributed by atoms with Crippen LogP contribution in [0.4, 0.5) is 11.4 Å². The number of hydrogen-bond acceptors (Lipinski definition) is 8. The molecule has 0 spiro atoms. The summed E-state index contributed by atoms with van der Waals surface area (Å²) in [6, 6.07) is 11.9. The van der Waals surface area contributed by atoms with E-state index in [0.717, 1.165) is 0 Å². The number of H-pyrrole nitrogens is 1. The van der Waals surface area contributed by atoms with Crippen molar-refractivity contribution in [3.63, 3.8) is 0 Å². The molecule has 1 unspecified atom stereocenters. The fraction of sp³-hybridized carbons (Fsp3) is 0.0952. The van der Waals surface area contributed by atoms with Gasteiger partial charge in [-0.05, 0) is 48.9 Å². The second kappa shape index (κ2) is 8.65. The minimum Gasteiger partial charge on any atom is -0.505 e. The van der Waals surface area contributed by atoms with Gasteiger partial charge in [-0.2, -0.15) is 23.8 Å². The highest BCUT2D eigenvalue weighted by Crippen LogP contribution is 2.30. The van der Waals surface area contributed by atoms with Crippen LogP contribution in [0.1, 0.15) is 6.42 Å². The van der Waals surface area contributed by atoms with Crippen molar-refractivity contribution in [2.75, 3.05) is 0 Å². The number of pyridine rings is 1. The minimum absolute atomic E-state index is 0.173. The average Bonchev–Trinajstić information content (AvgIpc) is 2.78. The molecule has 1 heterocycles. The Morgan fingerprint density at radius 3 is 2.44 bits per heavy atom. The highest BCUT2D eigenvalue weighted by Gasteiger charge is 2.12. The molecule has 0 saturated heterocycles. The van der Waals surface area contributed by atoms with E-state index in [-0.39, 0.29) is 22.4 Å². The summed E-state index contributed by atoms with van der Waals surface area (Å²) in [5.41, 5.74) is 0.726. The first-order valence-electron chi connectivity index (χ1n) is 9.44. The van der Waals surface area contributed by atoms with Gasteiger partial charge in [0.25, 0.3) is 15.7 Å². The summed E-state index contributed by atoms with van der Waals surface area (Å²) in [6.45, 7) is 0. The summed E-state index contributed by atoms with van der Waals surface area (Å²) in [5.74, 6) is -0.236. The molecular formula is C21H17N5O5S. The Morgan fingerprint density at radius 1 is 1.00 bits per heavy atom. The van der Waals surface area contributed by atoms with Gasteiger partial charge < -0.3 is 10.1 Å². The van der Waals surface area contributed by atoms with E-state index in [1.54, 1.807) is 42.5 Å². The van der Waals surface area contributed by atoms with E-state index >= 15 is 0 Å². The van der Waals surface area contributed by atoms with Crippen LogP contribution < -0.4 is 5.56 Å². The highest BCUT2D eigenvalue weighted by atomic mass is 32.2. The van der Waals surface area contributed by atoms with E-state index in [0.29, 0.717) is 28.7 Å². The van der Waals surface area contributed by atoms with Gasteiger partial charge in [0.05, 0.1) is 27.8 Å². The van der Waals surface area contributed by atoms with Crippen LogP contribution in [0.2, 0.25) is 0 Å². The molecule has 1 atom stereocenters. The zero-order chi connectivity index (χ0) is 22.7. The monoisotopic (exact) mass is 451 g/mol. The van der Waals surface area contributed by atoms with Crippen molar-refractivity contribution in [2.45, 2.75) is 17.4 Å². The van der Waals surface area contributed by atoms with Crippen molar-refractivity contribution in [1.29, 1.82) is 0 Å². The molecule has 1 aromatic heterocycles. The van der Waals surface area contributed by atoms with Crippen LogP contribution in [-0.2, 0) is 10.1 Å². The number of aromatic amines is 1. The van der Waals surface area contributed by atoms with Gasteiger partial charge >= 0.3 is 0 Å². The third-order valence-corrected chi connectivity index (χ3v) is 5.52. The van der Waals surface area contributed by atoms with E-state index in [4.69, 9.17) is 4.55 Å². The topological polar surface area (TPSA) is 157 Å². The molecule has 3 N–H and O–H groups in total. The number of azo groups is 2. The molecule has 4 rings (SSSR count). The number of hydrogen-bond donors (Lipinski definition) is 3. The van der Waals surface area contributed by atoms with Gasteiger partial charge in [0.15, 0.2) is 11.4 Å². The quantitative estimate of drug-likeness (QED) is 0.383. The maximum absolute atomic E-state index is 12.2. The van der Waals surface area contributed by atoms with Crippen LogP contribution in [0, 0.1) is 0 Å². The number of para-hydroxylation sites is 1. The van der Waals surface area contributed by atoms with Gasteiger partial charge in [0.1, 0.15) is 0 Å². The van der Waals surface area contributed by atoms with Crippen LogP contribution in [0.3, 0.4) is 0 Å². The maximum atomic E-state index is 12.2. The Kier molecular flexibility index (Phi) is 5.75. The zero-order valence-corrected chi connectivity index (χ0v) is 17.3. The molecular weight excluding hydrogens is 434 g/mol. The lowest BCUT2D eigenvalue weighted by molar-refractivity contribution is 0.481. The summed E-state index contributed by atoms with van der Waals surface area (Å²) in [5, 5.41) is 27.0. The molecule has 0 aliphatic heterocycles. The van der Waals surface area contributed by atoms with Gasteiger partial charge in [0, 0.05) is 5.39 Å². The lowest BCUT2D eigenvalue weighted by Gasteiger charge is -2.08. The molecule has 11 heteroatoms. The Morgan fingerprint density at radius 2 is 1.75 bits per heavy atom. The smallest absolute Gasteiger partial charge is 0.294 e. The summed E-state index contributed by atoms with van der Waals surface area (Å²) in [7, 11) is -4.25. The van der Waals surface area contributed by atoms with Crippen LogP contribution in [0.5, 0.6) is 5.75 Å². The van der Waals surface area contributed by atoms with Crippen molar-refractivity contribution in [1.82, 2.24) is 4.98 Å². The number of benzene rings is 2. The fourth-order valence-corrected chi connectivity index (χ4v) is 3.48. The van der Waals surface area contributed by atoms with E-state index < -0.39 is 15.7 Å². The number of aromatic nitrogens is 1. The maximum Gasteiger partial charge on any atom is 0.294 e. The SMILES string of the molecule is O=c1[nH]c2ccccc2c(O)c1N=NC1=CCC(N=Nc2ccc(S(=O)(=O)O)cc2)C=C1. The number of allylic oxidation sites excluding steroid dienone is 1. The molecule has 0 saturated carbocycles. The lowest BCUT2D eigenvalue weighted by Crippen LogP contribution is -2.05. The number of rotatable bonds is 5. The van der Waals surface area contributed by atoms with E-state index in [1.165, 1.54) is 24.3 Å². The van der Waals surface area contributed by atoms with Crippen LogP contribution in [0.25, 0.3) is 10.9 Å². The molecule has 0 fully saturated rings. The van der Waals surface area contributed by atoms with E-state index in [1.807, 2.05) is 0 Å². The third-order valence-electron chi connectivity index (χ3n) is 4.65. The van der Waals surface area contributed by atoms with Crippen molar-refractivity contribution >= 4 is 32.4 Å². The van der Waals surface area contributed by atoms with Crippen LogP contribution >= 0.6 is 0 Å². The molecule has 1 aliphatic rings. The fourth-order valence-electron chi connectivity index (χ4n) is 3.00. The summed E-state index contributed by atoms with van der Waals surface area (Å²) in [6.07, 6.45) is 5.68. The van der Waals surface area contributed by atoms with Gasteiger partial charge in [-0.3, -0.25) is 9.35 Å². The minimum atomic E-state index is -4.25. The molecule has 10 nitrogen and oxygen atoms in total. The average molecular weight is 451 g/mol. The molecule has 3 aromatic rings. The predicted molar refractivity (Wildman–Crippen MR) is 117 cm³/mol. The Labute approximate surface area is 182 Å². The number of fused-ring (bicyclic) bond motifs is 1. The van der Waals surface area contributed by atoms with Crippen LogP contribution in [-0.4, -0.2) is 29.1 Å². The van der Waals surface area contributed by atoms with Crippen molar-refractivity contribution in [2.24, 2.45) is 20.5 Å². The number of nitrogens with zero attached hydrogens (tertiary/aromatic N) is 4. The van der Waals surface area contributed by atoms with Crippen LogP contribution in [0.15, 0.2) is 103 Å². The van der Waals surface area contributed by atoms with E-state index in [9.17, 15) is 18.3 Å². The second-order valence-electron chi connectivity index (χ2n) is 6.87. The molecule has 0 bridgehead atoms. The molecule has 1 aliphatic carbocycles. The first-order chi connectivity index (χ1) is 15.3. The zero-order valence-electron chi connectivity index (χ0n) is 16.5. The normalized spacial score (nSPS) is 16.8. The van der Waals surface area contributed by atoms with Crippen molar-refractivity contribution < 1.29 is 18.1 Å². The lowest BCUT2D eigenvalue weighted by atomic mass is 10.1. The first-order valence-corrected chi connectivity index (χ1v) is 10.9. The predicted octanol–water partition coefficient (Wildman–Crippen LogP) is 4.56. The Hall–Kier alpha value is -3.96. The van der Waals surface area contributed by atoms with Crippen molar-refractivity contribution in [3.8, 4) is 5.75 Å². The van der Waals surface area contributed by atoms with Gasteiger partial charge in [-0.15, -0.1) is 5.11 Å². The molecule has 32 heavy (non-hydrogen) atoms. The largest absolute Gasteiger partial charge is 0.505 e. The highest BCUT2D eigenvalue weighted by molar-refractivity contribution is 7.85. The summed E-state index contributed by atoms with van der Waals surface area (Å²) in [4.78, 5) is 14.6. The Bertz CT molecular complexity index is 1450. The van der Waals surface area contributed by atoms with Crippen molar-refractivity contribution in [3.05, 3.63) is 82.8 Å². The molecule has 0 radical (unpaired) electrons. The summed E-state index contributed by atoms with van der Waals surface area (Å²) < 4.78 is 31.1.